The summed E-state index contributed by atoms with van der Waals surface area (Å²) in [5.41, 5.74) is 1.82. The number of carbonyl (C=O) groups is 2. The predicted molar refractivity (Wildman–Crippen MR) is 91.2 cm³/mol. The number of nitrogens with zero attached hydrogens (tertiary/aromatic N) is 1. The molecule has 3 rings (SSSR count). The number of morpholine rings is 1. The van der Waals surface area contributed by atoms with E-state index in [-0.39, 0.29) is 5.91 Å². The number of hydrogen-bond acceptors (Lipinski definition) is 4. The number of nitrogens with one attached hydrogen (secondary N) is 1. The van der Waals surface area contributed by atoms with E-state index in [1.54, 1.807) is 0 Å². The van der Waals surface area contributed by atoms with Crippen LogP contribution >= 0.6 is 0 Å². The molecule has 0 aromatic heterocycles. The van der Waals surface area contributed by atoms with Crippen LogP contribution in [0.5, 0.6) is 0 Å². The number of aliphatic carboxylic acids is 1. The van der Waals surface area contributed by atoms with E-state index in [4.69, 9.17) is 4.74 Å². The summed E-state index contributed by atoms with van der Waals surface area (Å²) >= 11 is 0. The Bertz CT molecular complexity index is 581. The number of rotatable bonds is 4. The third-order valence-electron chi connectivity index (χ3n) is 4.93. The second-order valence-corrected chi connectivity index (χ2v) is 6.47. The average molecular weight is 332 g/mol. The van der Waals surface area contributed by atoms with Gasteiger partial charge in [0.1, 0.15) is 0 Å². The van der Waals surface area contributed by atoms with Gasteiger partial charge in [-0.1, -0.05) is 12.8 Å². The summed E-state index contributed by atoms with van der Waals surface area (Å²) in [5, 5.41) is 12.2. The molecule has 130 valence electrons. The monoisotopic (exact) mass is 332 g/mol. The van der Waals surface area contributed by atoms with Crippen molar-refractivity contribution in [2.24, 2.45) is 11.8 Å². The van der Waals surface area contributed by atoms with E-state index in [0.717, 1.165) is 44.8 Å². The second-order valence-electron chi connectivity index (χ2n) is 6.47. The molecule has 0 unspecified atom stereocenters. The Morgan fingerprint density at radius 3 is 2.29 bits per heavy atom. The molecule has 0 bridgehead atoms. The lowest BCUT2D eigenvalue weighted by Crippen LogP contribution is -2.36. The van der Waals surface area contributed by atoms with Crippen LogP contribution < -0.4 is 10.2 Å². The third-order valence-corrected chi connectivity index (χ3v) is 4.93. The normalized spacial score (nSPS) is 24.4. The number of carboxylic acid groups (broad SMARTS) is 1. The molecule has 1 aromatic rings. The molecule has 1 saturated carbocycles. The van der Waals surface area contributed by atoms with Crippen molar-refractivity contribution in [1.82, 2.24) is 0 Å². The summed E-state index contributed by atoms with van der Waals surface area (Å²) < 4.78 is 5.35. The minimum atomic E-state index is -0.863. The zero-order valence-electron chi connectivity index (χ0n) is 13.7. The smallest absolute Gasteiger partial charge is 0.307 e. The highest BCUT2D eigenvalue weighted by Crippen LogP contribution is 2.31. The predicted octanol–water partition coefficient (Wildman–Crippen LogP) is 2.35. The Morgan fingerprint density at radius 1 is 1.04 bits per heavy atom. The van der Waals surface area contributed by atoms with Crippen LogP contribution in [0.1, 0.15) is 25.7 Å². The molecular formula is C18H24N2O4. The summed E-state index contributed by atoms with van der Waals surface area (Å²) in [6.07, 6.45) is 3.03. The first-order valence-electron chi connectivity index (χ1n) is 8.61. The molecule has 1 aromatic carbocycles. The molecule has 2 atom stereocenters. The van der Waals surface area contributed by atoms with Gasteiger partial charge in [0.25, 0.3) is 0 Å². The highest BCUT2D eigenvalue weighted by molar-refractivity contribution is 5.95. The van der Waals surface area contributed by atoms with Crippen molar-refractivity contribution in [3.8, 4) is 0 Å². The fraction of sp³-hybridized carbons (Fsp3) is 0.556. The van der Waals surface area contributed by atoms with Gasteiger partial charge < -0.3 is 20.1 Å². The maximum absolute atomic E-state index is 12.5. The van der Waals surface area contributed by atoms with Crippen LogP contribution in [-0.2, 0) is 14.3 Å². The summed E-state index contributed by atoms with van der Waals surface area (Å²) in [6, 6.07) is 7.72. The number of carbonyl (C=O) groups excluding carboxylic acids is 1. The summed E-state index contributed by atoms with van der Waals surface area (Å²) in [6.45, 7) is 3.20. The zero-order chi connectivity index (χ0) is 16.9. The molecule has 2 aliphatic rings. The van der Waals surface area contributed by atoms with Crippen LogP contribution in [-0.4, -0.2) is 43.3 Å². The second kappa shape index (κ2) is 7.66. The number of benzene rings is 1. The van der Waals surface area contributed by atoms with Crippen LogP contribution in [0.2, 0.25) is 0 Å². The van der Waals surface area contributed by atoms with E-state index in [9.17, 15) is 14.7 Å². The molecular weight excluding hydrogens is 308 g/mol. The largest absolute Gasteiger partial charge is 0.481 e. The topological polar surface area (TPSA) is 78.9 Å². The summed E-state index contributed by atoms with van der Waals surface area (Å²) in [7, 11) is 0. The first-order valence-corrected chi connectivity index (χ1v) is 8.61. The molecule has 1 saturated heterocycles. The highest BCUT2D eigenvalue weighted by atomic mass is 16.5. The molecule has 6 nitrogen and oxygen atoms in total. The van der Waals surface area contributed by atoms with E-state index in [0.29, 0.717) is 18.5 Å². The van der Waals surface area contributed by atoms with Crippen molar-refractivity contribution in [2.75, 3.05) is 36.5 Å². The third kappa shape index (κ3) is 3.87. The van der Waals surface area contributed by atoms with Crippen LogP contribution in [0.3, 0.4) is 0 Å². The molecule has 1 aliphatic carbocycles. The first-order chi connectivity index (χ1) is 11.6. The molecule has 2 fully saturated rings. The van der Waals surface area contributed by atoms with E-state index in [2.05, 4.69) is 10.2 Å². The van der Waals surface area contributed by atoms with Crippen LogP contribution in [0, 0.1) is 11.8 Å². The van der Waals surface area contributed by atoms with Crippen molar-refractivity contribution in [3.63, 3.8) is 0 Å². The van der Waals surface area contributed by atoms with Gasteiger partial charge in [-0.2, -0.15) is 0 Å². The van der Waals surface area contributed by atoms with Crippen molar-refractivity contribution in [2.45, 2.75) is 25.7 Å². The highest BCUT2D eigenvalue weighted by Gasteiger charge is 2.35. The zero-order valence-corrected chi connectivity index (χ0v) is 13.7. The minimum absolute atomic E-state index is 0.179. The Morgan fingerprint density at radius 2 is 1.67 bits per heavy atom. The lowest BCUT2D eigenvalue weighted by atomic mass is 9.78. The molecule has 0 spiro atoms. The molecule has 1 heterocycles. The summed E-state index contributed by atoms with van der Waals surface area (Å²) in [4.78, 5) is 26.1. The van der Waals surface area contributed by atoms with Crippen molar-refractivity contribution < 1.29 is 19.4 Å². The van der Waals surface area contributed by atoms with Crippen LogP contribution in [0.15, 0.2) is 24.3 Å². The fourth-order valence-electron chi connectivity index (χ4n) is 3.55. The van der Waals surface area contributed by atoms with Gasteiger partial charge in [-0.15, -0.1) is 0 Å². The molecule has 24 heavy (non-hydrogen) atoms. The first kappa shape index (κ1) is 16.8. The quantitative estimate of drug-likeness (QED) is 0.885. The average Bonchev–Trinajstić information content (AvgIpc) is 2.63. The van der Waals surface area contributed by atoms with Crippen molar-refractivity contribution >= 4 is 23.3 Å². The lowest BCUT2D eigenvalue weighted by molar-refractivity contribution is -0.147. The van der Waals surface area contributed by atoms with Gasteiger partial charge in [0.2, 0.25) is 5.91 Å². The Balaban J connectivity index is 1.62. The van der Waals surface area contributed by atoms with E-state index >= 15 is 0 Å². The lowest BCUT2D eigenvalue weighted by Gasteiger charge is -2.29. The maximum Gasteiger partial charge on any atom is 0.307 e. The van der Waals surface area contributed by atoms with Gasteiger partial charge in [-0.3, -0.25) is 9.59 Å². The van der Waals surface area contributed by atoms with Crippen molar-refractivity contribution in [1.29, 1.82) is 0 Å². The minimum Gasteiger partial charge on any atom is -0.481 e. The summed E-state index contributed by atoms with van der Waals surface area (Å²) in [5.74, 6) is -2.04. The van der Waals surface area contributed by atoms with E-state index in [1.807, 2.05) is 24.3 Å². The van der Waals surface area contributed by atoms with Crippen LogP contribution in [0.4, 0.5) is 11.4 Å². The number of anilines is 2. The number of hydrogen-bond donors (Lipinski definition) is 2. The van der Waals surface area contributed by atoms with E-state index in [1.165, 1.54) is 0 Å². The van der Waals surface area contributed by atoms with Gasteiger partial charge in [0, 0.05) is 24.5 Å². The number of amides is 1. The molecule has 6 heteroatoms. The Labute approximate surface area is 141 Å². The molecule has 1 aliphatic heterocycles. The molecule has 1 amide bonds. The maximum atomic E-state index is 12.5. The Hall–Kier alpha value is -2.08. The van der Waals surface area contributed by atoms with Gasteiger partial charge >= 0.3 is 5.97 Å². The van der Waals surface area contributed by atoms with Gasteiger partial charge in [-0.25, -0.2) is 0 Å². The van der Waals surface area contributed by atoms with E-state index < -0.39 is 17.8 Å². The van der Waals surface area contributed by atoms with Gasteiger partial charge in [0.05, 0.1) is 25.0 Å². The van der Waals surface area contributed by atoms with Gasteiger partial charge in [0.15, 0.2) is 0 Å². The fourth-order valence-corrected chi connectivity index (χ4v) is 3.55. The number of ether oxygens (including phenoxy) is 1. The number of carboxylic acids is 1. The SMILES string of the molecule is O=C(O)[C@H]1CCCC[C@H]1C(=O)Nc1ccc(N2CCOCC2)cc1. The molecule has 2 N–H and O–H groups in total. The van der Waals surface area contributed by atoms with Crippen LogP contribution in [0.25, 0.3) is 0 Å². The Kier molecular flexibility index (Phi) is 5.35. The standard InChI is InChI=1S/C18H24N2O4/c21-17(15-3-1-2-4-16(15)18(22)23)19-13-5-7-14(8-6-13)20-9-11-24-12-10-20/h5-8,15-16H,1-4,9-12H2,(H,19,21)(H,22,23)/t15-,16+/m1/s1. The molecule has 0 radical (unpaired) electrons. The van der Waals surface area contributed by atoms with Gasteiger partial charge in [-0.05, 0) is 37.1 Å². The van der Waals surface area contributed by atoms with Crippen molar-refractivity contribution in [3.05, 3.63) is 24.3 Å².